The molecule has 0 radical (unpaired) electrons. The number of amides is 1. The average molecular weight is 456 g/mol. The maximum absolute atomic E-state index is 14.4. The predicted molar refractivity (Wildman–Crippen MR) is 125 cm³/mol. The first kappa shape index (κ1) is 23.7. The molecule has 0 bridgehead atoms. The minimum Gasteiger partial charge on any atom is -0.488 e. The number of nitrogens with zero attached hydrogens (tertiary/aromatic N) is 1. The number of hydrogen-bond donors (Lipinski definition) is 0. The fourth-order valence-electron chi connectivity index (χ4n) is 4.97. The summed E-state index contributed by atoms with van der Waals surface area (Å²) in [6, 6.07) is 14.7. The molecule has 2 saturated heterocycles. The van der Waals surface area contributed by atoms with Crippen molar-refractivity contribution in [3.63, 3.8) is 0 Å². The Kier molecular flexibility index (Phi) is 7.35. The molecule has 2 aliphatic heterocycles. The van der Waals surface area contributed by atoms with Gasteiger partial charge in [-0.2, -0.15) is 0 Å². The van der Waals surface area contributed by atoms with E-state index in [4.69, 9.17) is 14.2 Å². The molecule has 0 N–H and O–H groups in total. The van der Waals surface area contributed by atoms with Crippen LogP contribution in [0.4, 0.5) is 4.39 Å². The lowest BCUT2D eigenvalue weighted by molar-refractivity contribution is -0.190. The molecule has 2 atom stereocenters. The monoisotopic (exact) mass is 455 g/mol. The van der Waals surface area contributed by atoms with E-state index in [0.717, 1.165) is 25.7 Å². The second-order valence-electron chi connectivity index (χ2n) is 9.32. The van der Waals surface area contributed by atoms with Crippen molar-refractivity contribution in [1.82, 2.24) is 4.90 Å². The second-order valence-corrected chi connectivity index (χ2v) is 9.32. The smallest absolute Gasteiger partial charge is 0.253 e. The van der Waals surface area contributed by atoms with Crippen molar-refractivity contribution in [3.8, 4) is 5.75 Å². The summed E-state index contributed by atoms with van der Waals surface area (Å²) in [6.45, 7) is 7.53. The normalized spacial score (nSPS) is 22.5. The van der Waals surface area contributed by atoms with Crippen LogP contribution in [-0.2, 0) is 9.47 Å². The fraction of sp³-hybridized carbons (Fsp3) is 0.519. The van der Waals surface area contributed by atoms with Crippen LogP contribution in [0.15, 0.2) is 48.5 Å². The number of carbonyl (C=O) groups is 1. The van der Waals surface area contributed by atoms with Crippen molar-refractivity contribution in [2.24, 2.45) is 0 Å². The van der Waals surface area contributed by atoms with Crippen molar-refractivity contribution >= 4 is 5.91 Å². The van der Waals surface area contributed by atoms with Crippen molar-refractivity contribution in [2.45, 2.75) is 70.4 Å². The van der Waals surface area contributed by atoms with Gasteiger partial charge in [-0.15, -0.1) is 0 Å². The van der Waals surface area contributed by atoms with Crippen molar-refractivity contribution < 1.29 is 23.4 Å². The SMILES string of the molecule is CCOC1CC(c2ccccc2)OC2(CCN(C(=O)c3ccc(OC(C)C)c(F)c3)CC2)C1. The van der Waals surface area contributed by atoms with E-state index >= 15 is 0 Å². The molecule has 5 nitrogen and oxygen atoms in total. The zero-order chi connectivity index (χ0) is 23.4. The molecule has 2 aromatic rings. The molecule has 0 saturated carbocycles. The molecule has 178 valence electrons. The summed E-state index contributed by atoms with van der Waals surface area (Å²) in [5.74, 6) is -0.496. The Balaban J connectivity index is 1.44. The molecule has 2 heterocycles. The van der Waals surface area contributed by atoms with Gasteiger partial charge in [0.05, 0.1) is 23.9 Å². The van der Waals surface area contributed by atoms with E-state index in [9.17, 15) is 9.18 Å². The number of carbonyl (C=O) groups excluding carboxylic acids is 1. The van der Waals surface area contributed by atoms with Gasteiger partial charge >= 0.3 is 0 Å². The van der Waals surface area contributed by atoms with Gasteiger partial charge in [-0.05, 0) is 57.4 Å². The molecule has 1 amide bonds. The van der Waals surface area contributed by atoms with Gasteiger partial charge in [0.2, 0.25) is 0 Å². The number of ether oxygens (including phenoxy) is 3. The van der Waals surface area contributed by atoms with Crippen molar-refractivity contribution in [1.29, 1.82) is 0 Å². The van der Waals surface area contributed by atoms with E-state index in [-0.39, 0.29) is 35.6 Å². The molecule has 6 heteroatoms. The first-order chi connectivity index (χ1) is 15.9. The van der Waals surface area contributed by atoms with E-state index in [0.29, 0.717) is 25.3 Å². The van der Waals surface area contributed by atoms with Gasteiger partial charge in [0.1, 0.15) is 0 Å². The van der Waals surface area contributed by atoms with Crippen LogP contribution in [0.5, 0.6) is 5.75 Å². The lowest BCUT2D eigenvalue weighted by atomic mass is 9.80. The summed E-state index contributed by atoms with van der Waals surface area (Å²) in [7, 11) is 0. The molecule has 0 aromatic heterocycles. The van der Waals surface area contributed by atoms with Gasteiger partial charge in [0.15, 0.2) is 11.6 Å². The van der Waals surface area contributed by atoms with Gasteiger partial charge in [-0.3, -0.25) is 4.79 Å². The van der Waals surface area contributed by atoms with Crippen molar-refractivity contribution in [2.75, 3.05) is 19.7 Å². The summed E-state index contributed by atoms with van der Waals surface area (Å²) in [6.07, 6.45) is 3.15. The molecule has 2 aliphatic rings. The summed E-state index contributed by atoms with van der Waals surface area (Å²) in [5, 5.41) is 0. The fourth-order valence-corrected chi connectivity index (χ4v) is 4.97. The first-order valence-corrected chi connectivity index (χ1v) is 12.0. The molecule has 4 rings (SSSR count). The van der Waals surface area contributed by atoms with Crippen molar-refractivity contribution in [3.05, 3.63) is 65.5 Å². The number of likely N-dealkylation sites (tertiary alicyclic amines) is 1. The summed E-state index contributed by atoms with van der Waals surface area (Å²) in [5.41, 5.74) is 1.20. The molecule has 1 spiro atoms. The van der Waals surface area contributed by atoms with Gasteiger partial charge in [-0.1, -0.05) is 30.3 Å². The Bertz CT molecular complexity index is 940. The number of rotatable bonds is 6. The minimum atomic E-state index is -0.510. The first-order valence-electron chi connectivity index (χ1n) is 12.0. The van der Waals surface area contributed by atoms with E-state index in [1.807, 2.05) is 39.0 Å². The molecule has 0 aliphatic carbocycles. The van der Waals surface area contributed by atoms with Crippen LogP contribution in [0.1, 0.15) is 68.5 Å². The molecular formula is C27H34FNO4. The highest BCUT2D eigenvalue weighted by Crippen LogP contribution is 2.44. The van der Waals surface area contributed by atoms with Crippen LogP contribution < -0.4 is 4.74 Å². The molecular weight excluding hydrogens is 421 g/mol. The number of hydrogen-bond acceptors (Lipinski definition) is 4. The Morgan fingerprint density at radius 2 is 1.91 bits per heavy atom. The van der Waals surface area contributed by atoms with Gasteiger partial charge in [-0.25, -0.2) is 4.39 Å². The second kappa shape index (κ2) is 10.2. The molecule has 2 fully saturated rings. The molecule has 33 heavy (non-hydrogen) atoms. The third kappa shape index (κ3) is 5.56. The van der Waals surface area contributed by atoms with Crippen LogP contribution in [0, 0.1) is 5.82 Å². The van der Waals surface area contributed by atoms with Crippen LogP contribution >= 0.6 is 0 Å². The number of halogens is 1. The third-order valence-corrected chi connectivity index (χ3v) is 6.55. The van der Waals surface area contributed by atoms with E-state index in [2.05, 4.69) is 12.1 Å². The highest BCUT2D eigenvalue weighted by atomic mass is 19.1. The minimum absolute atomic E-state index is 0.0126. The average Bonchev–Trinajstić information content (AvgIpc) is 2.81. The Morgan fingerprint density at radius 3 is 2.55 bits per heavy atom. The van der Waals surface area contributed by atoms with E-state index < -0.39 is 5.82 Å². The van der Waals surface area contributed by atoms with E-state index in [1.165, 1.54) is 17.7 Å². The molecule has 2 aromatic carbocycles. The largest absolute Gasteiger partial charge is 0.488 e. The highest BCUT2D eigenvalue weighted by Gasteiger charge is 2.45. The topological polar surface area (TPSA) is 48.0 Å². The highest BCUT2D eigenvalue weighted by molar-refractivity contribution is 5.94. The van der Waals surface area contributed by atoms with Gasteiger partial charge < -0.3 is 19.1 Å². The quantitative estimate of drug-likeness (QED) is 0.573. The summed E-state index contributed by atoms with van der Waals surface area (Å²) >= 11 is 0. The maximum atomic E-state index is 14.4. The number of piperidine rings is 1. The van der Waals surface area contributed by atoms with Gasteiger partial charge in [0, 0.05) is 38.1 Å². The maximum Gasteiger partial charge on any atom is 0.253 e. The number of benzene rings is 2. The Morgan fingerprint density at radius 1 is 1.18 bits per heavy atom. The predicted octanol–water partition coefficient (Wildman–Crippen LogP) is 5.54. The lowest BCUT2D eigenvalue weighted by Gasteiger charge is -2.48. The van der Waals surface area contributed by atoms with Gasteiger partial charge in [0.25, 0.3) is 5.91 Å². The van der Waals surface area contributed by atoms with Crippen LogP contribution in [-0.4, -0.2) is 48.3 Å². The molecule has 2 unspecified atom stereocenters. The third-order valence-electron chi connectivity index (χ3n) is 6.55. The Labute approximate surface area is 195 Å². The van der Waals surface area contributed by atoms with Crippen LogP contribution in [0.3, 0.4) is 0 Å². The van der Waals surface area contributed by atoms with Crippen LogP contribution in [0.25, 0.3) is 0 Å². The van der Waals surface area contributed by atoms with E-state index in [1.54, 1.807) is 11.0 Å². The van der Waals surface area contributed by atoms with Crippen LogP contribution in [0.2, 0.25) is 0 Å². The standard InChI is InChI=1S/C27H34FNO4/c1-4-31-22-17-25(20-8-6-5-7-9-20)33-27(18-22)12-14-29(15-13-27)26(30)21-10-11-24(23(28)16-21)32-19(2)3/h5-11,16,19,22,25H,4,12-15,17-18H2,1-3H3. The Hall–Kier alpha value is -2.44. The summed E-state index contributed by atoms with van der Waals surface area (Å²) in [4.78, 5) is 14.9. The lowest BCUT2D eigenvalue weighted by Crippen LogP contribution is -2.52. The summed E-state index contributed by atoms with van der Waals surface area (Å²) < 4.78 is 32.6. The zero-order valence-electron chi connectivity index (χ0n) is 19.8. The zero-order valence-corrected chi connectivity index (χ0v) is 19.8.